The van der Waals surface area contributed by atoms with Gasteiger partial charge in [0.05, 0.1) is 6.61 Å². The Morgan fingerprint density at radius 3 is 3.08 bits per heavy atom. The summed E-state index contributed by atoms with van der Waals surface area (Å²) in [6.45, 7) is 4.14. The Labute approximate surface area is 84.2 Å². The molecule has 0 amide bonds. The van der Waals surface area contributed by atoms with E-state index in [0.717, 1.165) is 25.0 Å². The van der Waals surface area contributed by atoms with Crippen molar-refractivity contribution in [1.29, 1.82) is 0 Å². The molecule has 0 aromatic heterocycles. The van der Waals surface area contributed by atoms with Crippen molar-refractivity contribution in [2.24, 2.45) is 11.8 Å². The molecule has 72 valence electrons. The van der Waals surface area contributed by atoms with Gasteiger partial charge in [0, 0.05) is 12.5 Å². The number of hydrogen-bond donors (Lipinski definition) is 0. The van der Waals surface area contributed by atoms with Crippen molar-refractivity contribution >= 4 is 23.4 Å². The van der Waals surface area contributed by atoms with E-state index in [1.54, 1.807) is 0 Å². The summed E-state index contributed by atoms with van der Waals surface area (Å²) < 4.78 is 5.30. The number of ether oxygens (including phenoxy) is 1. The lowest BCUT2D eigenvalue weighted by Gasteiger charge is -2.09. The van der Waals surface area contributed by atoms with Gasteiger partial charge < -0.3 is 4.74 Å². The molecule has 0 bridgehead atoms. The molecule has 0 aromatic carbocycles. The first-order chi connectivity index (χ1) is 5.83. The minimum atomic E-state index is 0.652. The van der Waals surface area contributed by atoms with Crippen LogP contribution in [0.15, 0.2) is 0 Å². The van der Waals surface area contributed by atoms with E-state index in [4.69, 9.17) is 16.3 Å². The molecule has 1 aliphatic heterocycles. The van der Waals surface area contributed by atoms with E-state index in [2.05, 4.69) is 6.92 Å². The largest absolute Gasteiger partial charge is 0.381 e. The molecule has 0 spiro atoms. The van der Waals surface area contributed by atoms with E-state index < -0.39 is 0 Å². The standard InChI is InChI=1S/C9H17ClOS/c1-8(4-10)6-12-7-9-2-3-11-5-9/h8-9H,2-7H2,1H3. The third kappa shape index (κ3) is 4.01. The number of halogens is 1. The smallest absolute Gasteiger partial charge is 0.0503 e. The average molecular weight is 209 g/mol. The van der Waals surface area contributed by atoms with E-state index in [1.807, 2.05) is 11.8 Å². The molecule has 1 heterocycles. The SMILES string of the molecule is CC(CCl)CSCC1CCOC1. The van der Waals surface area contributed by atoms with E-state index in [0.29, 0.717) is 5.92 Å². The Morgan fingerprint density at radius 1 is 1.67 bits per heavy atom. The van der Waals surface area contributed by atoms with Crippen LogP contribution in [0.25, 0.3) is 0 Å². The van der Waals surface area contributed by atoms with Crippen LogP contribution in [0.5, 0.6) is 0 Å². The molecule has 12 heavy (non-hydrogen) atoms. The molecular formula is C9H17ClOS. The summed E-state index contributed by atoms with van der Waals surface area (Å²) in [6.07, 6.45) is 1.25. The van der Waals surface area contributed by atoms with Crippen molar-refractivity contribution in [1.82, 2.24) is 0 Å². The van der Waals surface area contributed by atoms with Crippen LogP contribution in [0.3, 0.4) is 0 Å². The molecule has 0 aliphatic carbocycles. The molecule has 1 rings (SSSR count). The van der Waals surface area contributed by atoms with Crippen molar-refractivity contribution in [3.8, 4) is 0 Å². The van der Waals surface area contributed by atoms with Crippen molar-refractivity contribution in [2.75, 3.05) is 30.6 Å². The first-order valence-corrected chi connectivity index (χ1v) is 6.23. The summed E-state index contributed by atoms with van der Waals surface area (Å²) in [5.74, 6) is 4.69. The maximum absolute atomic E-state index is 5.71. The molecule has 0 aromatic rings. The van der Waals surface area contributed by atoms with Gasteiger partial charge in [0.1, 0.15) is 0 Å². The third-order valence-corrected chi connectivity index (χ3v) is 4.08. The molecule has 0 saturated carbocycles. The Hall–Kier alpha value is 0.600. The Kier molecular flexibility index (Phi) is 5.44. The van der Waals surface area contributed by atoms with Gasteiger partial charge in [-0.25, -0.2) is 0 Å². The fraction of sp³-hybridized carbons (Fsp3) is 1.00. The maximum atomic E-state index is 5.71. The van der Waals surface area contributed by atoms with Gasteiger partial charge in [-0.2, -0.15) is 11.8 Å². The predicted octanol–water partition coefficient (Wildman–Crippen LogP) is 2.63. The van der Waals surface area contributed by atoms with E-state index in [-0.39, 0.29) is 0 Å². The minimum absolute atomic E-state index is 0.652. The van der Waals surface area contributed by atoms with Crippen LogP contribution in [0.4, 0.5) is 0 Å². The molecule has 2 atom stereocenters. The highest BCUT2D eigenvalue weighted by Crippen LogP contribution is 2.19. The highest BCUT2D eigenvalue weighted by Gasteiger charge is 2.15. The second-order valence-corrected chi connectivity index (χ2v) is 4.91. The monoisotopic (exact) mass is 208 g/mol. The van der Waals surface area contributed by atoms with Crippen LogP contribution in [0, 0.1) is 11.8 Å². The van der Waals surface area contributed by atoms with Gasteiger partial charge in [0.25, 0.3) is 0 Å². The Morgan fingerprint density at radius 2 is 2.50 bits per heavy atom. The zero-order valence-electron chi connectivity index (χ0n) is 7.59. The molecule has 1 saturated heterocycles. The lowest BCUT2D eigenvalue weighted by molar-refractivity contribution is 0.189. The van der Waals surface area contributed by atoms with Crippen LogP contribution in [-0.4, -0.2) is 30.6 Å². The molecule has 1 fully saturated rings. The van der Waals surface area contributed by atoms with Gasteiger partial charge in [-0.1, -0.05) is 6.92 Å². The Balaban J connectivity index is 1.94. The molecule has 0 N–H and O–H groups in total. The quantitative estimate of drug-likeness (QED) is 0.643. The second-order valence-electron chi connectivity index (χ2n) is 3.53. The highest BCUT2D eigenvalue weighted by molar-refractivity contribution is 7.99. The summed E-state index contributed by atoms with van der Waals surface area (Å²) in [4.78, 5) is 0. The summed E-state index contributed by atoms with van der Waals surface area (Å²) in [7, 11) is 0. The number of hydrogen-bond acceptors (Lipinski definition) is 2. The van der Waals surface area contributed by atoms with Crippen molar-refractivity contribution in [3.05, 3.63) is 0 Å². The molecule has 0 radical (unpaired) electrons. The minimum Gasteiger partial charge on any atom is -0.381 e. The predicted molar refractivity (Wildman–Crippen MR) is 56.1 cm³/mol. The van der Waals surface area contributed by atoms with Crippen LogP contribution < -0.4 is 0 Å². The van der Waals surface area contributed by atoms with Gasteiger partial charge >= 0.3 is 0 Å². The Bertz CT molecular complexity index is 115. The van der Waals surface area contributed by atoms with Gasteiger partial charge in [-0.05, 0) is 29.8 Å². The number of rotatable bonds is 5. The topological polar surface area (TPSA) is 9.23 Å². The lowest BCUT2D eigenvalue weighted by Crippen LogP contribution is -2.06. The molecule has 3 heteroatoms. The van der Waals surface area contributed by atoms with Gasteiger partial charge in [-0.3, -0.25) is 0 Å². The molecule has 1 nitrogen and oxygen atoms in total. The van der Waals surface area contributed by atoms with E-state index in [9.17, 15) is 0 Å². The van der Waals surface area contributed by atoms with Crippen molar-refractivity contribution < 1.29 is 4.74 Å². The van der Waals surface area contributed by atoms with E-state index in [1.165, 1.54) is 17.9 Å². The summed E-state index contributed by atoms with van der Waals surface area (Å²) in [5, 5.41) is 0. The van der Waals surface area contributed by atoms with Crippen molar-refractivity contribution in [2.45, 2.75) is 13.3 Å². The lowest BCUT2D eigenvalue weighted by atomic mass is 10.2. The third-order valence-electron chi connectivity index (χ3n) is 2.04. The summed E-state index contributed by atoms with van der Waals surface area (Å²) in [6, 6.07) is 0. The van der Waals surface area contributed by atoms with Gasteiger partial charge in [-0.15, -0.1) is 11.6 Å². The van der Waals surface area contributed by atoms with Gasteiger partial charge in [0.15, 0.2) is 0 Å². The molecular weight excluding hydrogens is 192 g/mol. The molecule has 2 unspecified atom stereocenters. The summed E-state index contributed by atoms with van der Waals surface area (Å²) >= 11 is 7.73. The highest BCUT2D eigenvalue weighted by atomic mass is 35.5. The number of alkyl halides is 1. The van der Waals surface area contributed by atoms with Crippen LogP contribution in [0.2, 0.25) is 0 Å². The van der Waals surface area contributed by atoms with Crippen LogP contribution in [-0.2, 0) is 4.74 Å². The zero-order chi connectivity index (χ0) is 8.81. The fourth-order valence-electron chi connectivity index (χ4n) is 1.20. The average Bonchev–Trinajstić information content (AvgIpc) is 2.57. The fourth-order valence-corrected chi connectivity index (χ4v) is 2.69. The zero-order valence-corrected chi connectivity index (χ0v) is 9.16. The van der Waals surface area contributed by atoms with Gasteiger partial charge in [0.2, 0.25) is 0 Å². The van der Waals surface area contributed by atoms with E-state index >= 15 is 0 Å². The first kappa shape index (κ1) is 10.7. The van der Waals surface area contributed by atoms with Crippen LogP contribution in [0.1, 0.15) is 13.3 Å². The first-order valence-electron chi connectivity index (χ1n) is 4.54. The van der Waals surface area contributed by atoms with Crippen molar-refractivity contribution in [3.63, 3.8) is 0 Å². The molecule has 1 aliphatic rings. The summed E-state index contributed by atoms with van der Waals surface area (Å²) in [5.41, 5.74) is 0. The number of thioether (sulfide) groups is 1. The second kappa shape index (κ2) is 6.11. The maximum Gasteiger partial charge on any atom is 0.0503 e. The van der Waals surface area contributed by atoms with Crippen LogP contribution >= 0.6 is 23.4 Å². The normalized spacial score (nSPS) is 26.0.